The molecule has 0 atom stereocenters. The molecular weight excluding hydrogens is 73.7 g/mol. The third-order valence-electron chi connectivity index (χ3n) is 1.56. The van der Waals surface area contributed by atoms with E-state index in [9.17, 15) is 0 Å². The van der Waals surface area contributed by atoms with Gasteiger partial charge < -0.3 is 10.5 Å². The maximum Gasteiger partial charge on any atom is 0.0340 e. The van der Waals surface area contributed by atoms with Crippen molar-refractivity contribution in [2.45, 2.75) is 0 Å². The fourth-order valence-corrected chi connectivity index (χ4v) is 1.10. The molecule has 1 aliphatic heterocycles. The quantitative estimate of drug-likeness (QED) is 0.311. The van der Waals surface area contributed by atoms with E-state index in [0.717, 1.165) is 0 Å². The molecule has 0 aromatic heterocycles. The van der Waals surface area contributed by atoms with Crippen molar-refractivity contribution in [3.05, 3.63) is 0 Å². The highest BCUT2D eigenvalue weighted by Crippen LogP contribution is 1.59. The summed E-state index contributed by atoms with van der Waals surface area (Å²) in [6.45, 7) is 0. The van der Waals surface area contributed by atoms with Gasteiger partial charge in [0, 0.05) is 14.8 Å². The average Bonchev–Trinajstić information content (AvgIpc) is 1.72. The Bertz CT molecular complexity index is 25.0. The molecule has 1 aliphatic rings. The summed E-state index contributed by atoms with van der Waals surface area (Å²) in [5.41, 5.74) is 0. The molecule has 1 rings (SSSR count). The zero-order chi connectivity index (χ0) is 4.24. The largest absolute Gasteiger partial charge is 0.521 e. The van der Waals surface area contributed by atoms with Gasteiger partial charge in [0.25, 0.3) is 0 Å². The number of rotatable bonds is 0. The van der Waals surface area contributed by atoms with Gasteiger partial charge in [-0.15, -0.1) is 0 Å². The number of hydrogen-bond donors (Lipinski definition) is 2. The Balaban J connectivity index is 2.00. The van der Waals surface area contributed by atoms with Crippen LogP contribution < -0.4 is 10.5 Å². The third-order valence-corrected chi connectivity index (χ3v) is 1.56. The summed E-state index contributed by atoms with van der Waals surface area (Å²) in [5, 5.41) is 6.81. The molecular formula is C2H10B2N2-2. The van der Waals surface area contributed by atoms with Gasteiger partial charge in [-0.05, 0) is 0 Å². The van der Waals surface area contributed by atoms with Crippen LogP contribution in [0, 0.1) is 0 Å². The van der Waals surface area contributed by atoms with Crippen molar-refractivity contribution in [2.75, 3.05) is 12.9 Å². The van der Waals surface area contributed by atoms with E-state index in [1.165, 1.54) is 12.9 Å². The minimum absolute atomic E-state index is 0.278. The topological polar surface area (TPSA) is 24.1 Å². The molecule has 0 aliphatic carbocycles. The SMILES string of the molecule is [BH2-]1CN[BH2-]CN1. The molecule has 0 amide bonds. The lowest BCUT2D eigenvalue weighted by Gasteiger charge is -2.23. The minimum atomic E-state index is 0.278. The summed E-state index contributed by atoms with van der Waals surface area (Å²) >= 11 is 0. The molecule has 0 saturated carbocycles. The lowest BCUT2D eigenvalue weighted by Crippen LogP contribution is -2.45. The molecule has 0 radical (unpaired) electrons. The minimum Gasteiger partial charge on any atom is -0.521 e. The molecule has 1 heterocycles. The second kappa shape index (κ2) is 2.26. The van der Waals surface area contributed by atoms with E-state index in [1.54, 1.807) is 0 Å². The lowest BCUT2D eigenvalue weighted by molar-refractivity contribution is 1.01. The molecule has 4 heteroatoms. The van der Waals surface area contributed by atoms with Crippen molar-refractivity contribution in [1.82, 2.24) is 10.5 Å². The Labute approximate surface area is 39.2 Å². The van der Waals surface area contributed by atoms with Gasteiger partial charge >= 0.3 is 0 Å². The fourth-order valence-electron chi connectivity index (χ4n) is 1.10. The standard InChI is InChI=1S/C2H10B2N2/c1-3-6-2-4-5-1/h5-6H,1-4H2/q-2. The Hall–Kier alpha value is 0.0499. The molecule has 36 valence electrons. The van der Waals surface area contributed by atoms with E-state index in [4.69, 9.17) is 0 Å². The van der Waals surface area contributed by atoms with Gasteiger partial charge in [0.1, 0.15) is 0 Å². The van der Waals surface area contributed by atoms with Crippen molar-refractivity contribution in [2.24, 2.45) is 0 Å². The monoisotopic (exact) mass is 84.1 g/mol. The predicted octanol–water partition coefficient (Wildman–Crippen LogP) is -2.74. The summed E-state index contributed by atoms with van der Waals surface area (Å²) in [5.74, 6) is 0. The van der Waals surface area contributed by atoms with Crippen LogP contribution in [0.4, 0.5) is 0 Å². The van der Waals surface area contributed by atoms with Crippen LogP contribution in [0.5, 0.6) is 0 Å². The van der Waals surface area contributed by atoms with Crippen LogP contribution in [0.3, 0.4) is 0 Å². The van der Waals surface area contributed by atoms with Crippen LogP contribution in [-0.2, 0) is 0 Å². The van der Waals surface area contributed by atoms with Crippen molar-refractivity contribution in [1.29, 1.82) is 0 Å². The summed E-state index contributed by atoms with van der Waals surface area (Å²) < 4.78 is 0. The zero-order valence-electron chi connectivity index (χ0n) is 4.41. The molecule has 1 saturated heterocycles. The summed E-state index contributed by atoms with van der Waals surface area (Å²) in [7, 11) is 0.556. The first kappa shape index (κ1) is 4.22. The normalized spacial score (nSPS) is 24.0. The smallest absolute Gasteiger partial charge is 0.0340 e. The molecule has 2 nitrogen and oxygen atoms in total. The predicted molar refractivity (Wildman–Crippen MR) is 33.1 cm³/mol. The van der Waals surface area contributed by atoms with Crippen molar-refractivity contribution in [3.63, 3.8) is 0 Å². The molecule has 0 unspecified atom stereocenters. The Kier molecular flexibility index (Phi) is 1.59. The van der Waals surface area contributed by atoms with Gasteiger partial charge in [-0.1, -0.05) is 0 Å². The van der Waals surface area contributed by atoms with E-state index in [0.29, 0.717) is 0 Å². The molecule has 2 N–H and O–H groups in total. The van der Waals surface area contributed by atoms with Gasteiger partial charge in [-0.25, -0.2) is 0 Å². The maximum atomic E-state index is 3.40. The van der Waals surface area contributed by atoms with E-state index in [-0.39, 0.29) is 14.8 Å². The fraction of sp³-hybridized carbons (Fsp3) is 1.00. The molecule has 0 bridgehead atoms. The Morgan fingerprint density at radius 1 is 1.00 bits per heavy atom. The van der Waals surface area contributed by atoms with Gasteiger partial charge in [0.15, 0.2) is 0 Å². The van der Waals surface area contributed by atoms with Gasteiger partial charge in [-0.2, -0.15) is 12.9 Å². The van der Waals surface area contributed by atoms with Crippen LogP contribution in [0.2, 0.25) is 0 Å². The van der Waals surface area contributed by atoms with Crippen LogP contribution in [0.1, 0.15) is 0 Å². The molecule has 0 aromatic carbocycles. The van der Waals surface area contributed by atoms with E-state index < -0.39 is 0 Å². The second-order valence-electron chi connectivity index (χ2n) is 2.12. The highest BCUT2D eigenvalue weighted by atomic mass is 14.9. The van der Waals surface area contributed by atoms with Crippen LogP contribution in [0.15, 0.2) is 0 Å². The van der Waals surface area contributed by atoms with Gasteiger partial charge in [-0.3, -0.25) is 0 Å². The zero-order valence-corrected chi connectivity index (χ0v) is 4.41. The van der Waals surface area contributed by atoms with Crippen LogP contribution in [-0.4, -0.2) is 27.7 Å². The third kappa shape index (κ3) is 1.03. The molecule has 0 aromatic rings. The first-order valence-electron chi connectivity index (χ1n) is 3.12. The average molecular weight is 83.7 g/mol. The molecule has 1 fully saturated rings. The van der Waals surface area contributed by atoms with Gasteiger partial charge in [0.05, 0.1) is 0 Å². The van der Waals surface area contributed by atoms with Gasteiger partial charge in [0.2, 0.25) is 0 Å². The van der Waals surface area contributed by atoms with E-state index in [1.807, 2.05) is 0 Å². The lowest BCUT2D eigenvalue weighted by atomic mass is 9.80. The van der Waals surface area contributed by atoms with Crippen molar-refractivity contribution < 1.29 is 0 Å². The highest BCUT2D eigenvalue weighted by Gasteiger charge is 1.80. The molecule has 6 heavy (non-hydrogen) atoms. The first-order valence-corrected chi connectivity index (χ1v) is 3.12. The van der Waals surface area contributed by atoms with Crippen molar-refractivity contribution >= 4 is 14.8 Å². The van der Waals surface area contributed by atoms with E-state index >= 15 is 0 Å². The van der Waals surface area contributed by atoms with E-state index in [2.05, 4.69) is 10.5 Å². The van der Waals surface area contributed by atoms with Crippen LogP contribution in [0.25, 0.3) is 0 Å². The Morgan fingerprint density at radius 2 is 1.50 bits per heavy atom. The maximum absolute atomic E-state index is 3.40. The highest BCUT2D eigenvalue weighted by molar-refractivity contribution is 6.43. The number of nitrogens with one attached hydrogen (secondary N) is 2. The van der Waals surface area contributed by atoms with Crippen LogP contribution >= 0.6 is 0 Å². The summed E-state index contributed by atoms with van der Waals surface area (Å²) in [6, 6.07) is 0. The second-order valence-corrected chi connectivity index (χ2v) is 2.12. The summed E-state index contributed by atoms with van der Waals surface area (Å²) in [6.07, 6.45) is 2.64. The first-order chi connectivity index (χ1) is 3.00. The van der Waals surface area contributed by atoms with Crippen molar-refractivity contribution in [3.8, 4) is 0 Å². The Morgan fingerprint density at radius 3 is 1.67 bits per heavy atom. The number of hydrogen-bond acceptors (Lipinski definition) is 2. The molecule has 0 spiro atoms. The summed E-state index contributed by atoms with van der Waals surface area (Å²) in [4.78, 5) is 0.